The van der Waals surface area contributed by atoms with Crippen LogP contribution in [-0.4, -0.2) is 89.7 Å². The minimum atomic E-state index is -0.703. The summed E-state index contributed by atoms with van der Waals surface area (Å²) in [5.74, 6) is 0.913. The van der Waals surface area contributed by atoms with Crippen LogP contribution >= 0.6 is 11.8 Å². The number of carbonyl (C=O) groups excluding carboxylic acids is 3. The van der Waals surface area contributed by atoms with Crippen molar-refractivity contribution in [2.24, 2.45) is 0 Å². The smallest absolute Gasteiger partial charge is 0.273 e. The Morgan fingerprint density at radius 2 is 2.05 bits per heavy atom. The lowest BCUT2D eigenvalue weighted by molar-refractivity contribution is -0.123. The molecule has 2 N–H and O–H groups in total. The van der Waals surface area contributed by atoms with Crippen LogP contribution in [0.2, 0.25) is 0 Å². The molecule has 3 aromatic heterocycles. The molecule has 4 heterocycles. The Bertz CT molecular complexity index is 1640. The molecule has 4 bridgehead atoms. The van der Waals surface area contributed by atoms with E-state index in [2.05, 4.69) is 30.9 Å². The number of amides is 3. The molecule has 0 saturated heterocycles. The Labute approximate surface area is 259 Å². The third-order valence-electron chi connectivity index (χ3n) is 7.40. The van der Waals surface area contributed by atoms with Crippen molar-refractivity contribution in [3.05, 3.63) is 71.1 Å². The lowest BCUT2D eigenvalue weighted by atomic mass is 10.1. The summed E-state index contributed by atoms with van der Waals surface area (Å²) < 4.78 is 9.35. The summed E-state index contributed by atoms with van der Waals surface area (Å²) in [7, 11) is 0. The first-order chi connectivity index (χ1) is 21.3. The van der Waals surface area contributed by atoms with Crippen LogP contribution in [0.4, 0.5) is 0 Å². The molecule has 0 unspecified atom stereocenters. The van der Waals surface area contributed by atoms with E-state index in [9.17, 15) is 14.4 Å². The molecule has 232 valence electrons. The summed E-state index contributed by atoms with van der Waals surface area (Å²) in [6.07, 6.45) is 8.82. The monoisotopic (exact) mass is 619 g/mol. The molecule has 1 atom stereocenters. The molecule has 13 nitrogen and oxygen atoms in total. The molecule has 14 heteroatoms. The largest absolute Gasteiger partial charge is 0.494 e. The number of thioether (sulfide) groups is 1. The van der Waals surface area contributed by atoms with Crippen LogP contribution in [0.3, 0.4) is 0 Å². The average Bonchev–Trinajstić information content (AvgIpc) is 3.61. The Balaban J connectivity index is 1.39. The topological polar surface area (TPSA) is 149 Å². The third-order valence-corrected chi connectivity index (χ3v) is 8.04. The molecule has 1 aliphatic heterocycles. The highest BCUT2D eigenvalue weighted by atomic mass is 32.2. The number of nitrogens with one attached hydrogen (secondary N) is 2. The summed E-state index contributed by atoms with van der Waals surface area (Å²) in [5.41, 5.74) is 2.90. The van der Waals surface area contributed by atoms with Gasteiger partial charge in [0.25, 0.3) is 11.8 Å². The molecule has 1 aliphatic rings. The number of benzene rings is 1. The summed E-state index contributed by atoms with van der Waals surface area (Å²) >= 11 is 1.61. The maximum atomic E-state index is 13.9. The minimum absolute atomic E-state index is 0.221. The fraction of sp³-hybridized carbons (Fsp3) is 0.433. The summed E-state index contributed by atoms with van der Waals surface area (Å²) in [4.78, 5) is 50.9. The standard InChI is InChI=1S/C30H37N9O4S/c1-20-7-8-23-17-24(20)27(40)34-25(9-16-44-3)28(41)31-10-4-12-37(18-22-19-38(36-35-22)13-6-15-43-23)29(42)26-21(2)33-30-32-11-5-14-39(26)30/h5,7-8,11,14,17,19,25H,4,6,9-10,12-13,15-16,18H2,1-3H3,(H,31,41)(H,34,40)/t25-/m0/s1. The van der Waals surface area contributed by atoms with Gasteiger partial charge in [0.1, 0.15) is 23.2 Å². The zero-order chi connectivity index (χ0) is 31.1. The number of carbonyl (C=O) groups is 3. The molecule has 3 amide bonds. The molecule has 1 aromatic carbocycles. The van der Waals surface area contributed by atoms with E-state index in [0.29, 0.717) is 85.4 Å². The number of aromatic nitrogens is 6. The molecular weight excluding hydrogens is 582 g/mol. The lowest BCUT2D eigenvalue weighted by Gasteiger charge is -2.23. The van der Waals surface area contributed by atoms with Gasteiger partial charge in [-0.05, 0) is 62.5 Å². The average molecular weight is 620 g/mol. The van der Waals surface area contributed by atoms with Crippen molar-refractivity contribution in [3.63, 3.8) is 0 Å². The number of fused-ring (bicyclic) bond motifs is 5. The van der Waals surface area contributed by atoms with Crippen molar-refractivity contribution in [1.29, 1.82) is 0 Å². The zero-order valence-electron chi connectivity index (χ0n) is 25.2. The van der Waals surface area contributed by atoms with Gasteiger partial charge in [0.05, 0.1) is 25.0 Å². The van der Waals surface area contributed by atoms with Crippen molar-refractivity contribution in [1.82, 2.24) is 44.9 Å². The van der Waals surface area contributed by atoms with Gasteiger partial charge in [0.2, 0.25) is 11.7 Å². The molecular formula is C30H37N9O4S. The Hall–Kier alpha value is -4.46. The summed E-state index contributed by atoms with van der Waals surface area (Å²) in [5, 5.41) is 14.4. The van der Waals surface area contributed by atoms with Crippen molar-refractivity contribution in [2.45, 2.75) is 52.2 Å². The minimum Gasteiger partial charge on any atom is -0.494 e. The van der Waals surface area contributed by atoms with E-state index in [0.717, 1.165) is 5.56 Å². The second-order valence-electron chi connectivity index (χ2n) is 10.7. The lowest BCUT2D eigenvalue weighted by Crippen LogP contribution is -2.47. The van der Waals surface area contributed by atoms with E-state index >= 15 is 0 Å². The van der Waals surface area contributed by atoms with Gasteiger partial charge in [-0.15, -0.1) is 5.10 Å². The molecule has 44 heavy (non-hydrogen) atoms. The molecule has 0 radical (unpaired) electrons. The summed E-state index contributed by atoms with van der Waals surface area (Å²) in [6, 6.07) is 6.44. The van der Waals surface area contributed by atoms with Gasteiger partial charge in [-0.2, -0.15) is 11.8 Å². The van der Waals surface area contributed by atoms with Gasteiger partial charge in [-0.1, -0.05) is 11.3 Å². The highest BCUT2D eigenvalue weighted by Crippen LogP contribution is 2.19. The van der Waals surface area contributed by atoms with Crippen molar-refractivity contribution < 1.29 is 19.1 Å². The van der Waals surface area contributed by atoms with E-state index in [1.807, 2.05) is 31.5 Å². The van der Waals surface area contributed by atoms with Gasteiger partial charge < -0.3 is 20.3 Å². The van der Waals surface area contributed by atoms with Gasteiger partial charge in [-0.3, -0.25) is 23.5 Å². The number of imidazole rings is 1. The Morgan fingerprint density at radius 3 is 2.89 bits per heavy atom. The fourth-order valence-corrected chi connectivity index (χ4v) is 5.54. The molecule has 0 saturated carbocycles. The van der Waals surface area contributed by atoms with Crippen LogP contribution in [0, 0.1) is 13.8 Å². The predicted molar refractivity (Wildman–Crippen MR) is 166 cm³/mol. The molecule has 0 fully saturated rings. The van der Waals surface area contributed by atoms with Crippen molar-refractivity contribution >= 4 is 35.3 Å². The van der Waals surface area contributed by atoms with Crippen LogP contribution in [0.25, 0.3) is 5.78 Å². The molecule has 5 rings (SSSR count). The predicted octanol–water partition coefficient (Wildman–Crippen LogP) is 2.42. The first kappa shape index (κ1) is 31.0. The number of aryl methyl sites for hydroxylation is 3. The third kappa shape index (κ3) is 7.36. The van der Waals surface area contributed by atoms with Gasteiger partial charge in [-0.25, -0.2) is 9.97 Å². The van der Waals surface area contributed by atoms with Crippen LogP contribution in [0.5, 0.6) is 5.75 Å². The van der Waals surface area contributed by atoms with E-state index in [-0.39, 0.29) is 24.3 Å². The Kier molecular flexibility index (Phi) is 10.1. The highest BCUT2D eigenvalue weighted by molar-refractivity contribution is 7.98. The van der Waals surface area contributed by atoms with E-state index in [1.165, 1.54) is 0 Å². The van der Waals surface area contributed by atoms with Crippen molar-refractivity contribution in [3.8, 4) is 5.75 Å². The second-order valence-corrected chi connectivity index (χ2v) is 11.7. The van der Waals surface area contributed by atoms with Gasteiger partial charge in [0, 0.05) is 44.0 Å². The maximum absolute atomic E-state index is 13.9. The first-order valence-corrected chi connectivity index (χ1v) is 16.0. The Morgan fingerprint density at radius 1 is 1.18 bits per heavy atom. The molecule has 0 spiro atoms. The number of nitrogens with zero attached hydrogens (tertiary/aromatic N) is 7. The number of hydrogen-bond acceptors (Lipinski definition) is 9. The van der Waals surface area contributed by atoms with Crippen LogP contribution in [0.1, 0.15) is 57.1 Å². The second kappa shape index (κ2) is 14.3. The quantitative estimate of drug-likeness (QED) is 0.351. The normalized spacial score (nSPS) is 17.1. The van der Waals surface area contributed by atoms with E-state index in [4.69, 9.17) is 4.74 Å². The van der Waals surface area contributed by atoms with Crippen LogP contribution < -0.4 is 15.4 Å². The molecule has 0 aliphatic carbocycles. The van der Waals surface area contributed by atoms with Gasteiger partial charge >= 0.3 is 0 Å². The first-order valence-electron chi connectivity index (χ1n) is 14.6. The zero-order valence-corrected chi connectivity index (χ0v) is 26.0. The number of ether oxygens (including phenoxy) is 1. The number of hydrogen-bond donors (Lipinski definition) is 2. The maximum Gasteiger partial charge on any atom is 0.273 e. The van der Waals surface area contributed by atoms with Crippen LogP contribution in [-0.2, 0) is 17.9 Å². The van der Waals surface area contributed by atoms with E-state index < -0.39 is 6.04 Å². The number of rotatable bonds is 4. The SMILES string of the molecule is CSCC[C@@H]1NC(=O)c2cc(ccc2C)OCCCn2cc(nn2)CN(C(=O)c2c(C)nc3ncccn23)CCCNC1=O. The highest BCUT2D eigenvalue weighted by Gasteiger charge is 2.25. The fourth-order valence-electron chi connectivity index (χ4n) is 5.07. The molecule has 4 aromatic rings. The van der Waals surface area contributed by atoms with Crippen molar-refractivity contribution in [2.75, 3.05) is 31.7 Å². The van der Waals surface area contributed by atoms with Crippen LogP contribution in [0.15, 0.2) is 42.9 Å². The summed E-state index contributed by atoms with van der Waals surface area (Å²) in [6.45, 7) is 5.51. The van der Waals surface area contributed by atoms with E-state index in [1.54, 1.807) is 57.2 Å². The van der Waals surface area contributed by atoms with Gasteiger partial charge in [0.15, 0.2) is 0 Å².